The quantitative estimate of drug-likeness (QED) is 0.889. The number of hydrogen-bond donors (Lipinski definition) is 2. The van der Waals surface area contributed by atoms with Crippen molar-refractivity contribution in [2.75, 3.05) is 25.0 Å². The van der Waals surface area contributed by atoms with Crippen molar-refractivity contribution in [3.05, 3.63) is 23.4 Å². The van der Waals surface area contributed by atoms with Gasteiger partial charge in [0.25, 0.3) is 0 Å². The van der Waals surface area contributed by atoms with E-state index in [1.165, 1.54) is 16.9 Å². The van der Waals surface area contributed by atoms with E-state index in [0.29, 0.717) is 19.0 Å². The SMILES string of the molecule is O=C(O)N1CCC(CCc2ccc3c(n2)NCCC3)C1. The highest BCUT2D eigenvalue weighted by Gasteiger charge is 2.25. The Morgan fingerprint density at radius 2 is 2.40 bits per heavy atom. The van der Waals surface area contributed by atoms with Gasteiger partial charge in [-0.05, 0) is 49.7 Å². The summed E-state index contributed by atoms with van der Waals surface area (Å²) in [6.07, 6.45) is 4.45. The Bertz CT molecular complexity index is 504. The number of anilines is 1. The number of carbonyl (C=O) groups is 1. The summed E-state index contributed by atoms with van der Waals surface area (Å²) in [6, 6.07) is 4.30. The van der Waals surface area contributed by atoms with E-state index in [4.69, 9.17) is 5.11 Å². The molecule has 0 spiro atoms. The van der Waals surface area contributed by atoms with Crippen molar-refractivity contribution in [3.8, 4) is 0 Å². The first-order valence-electron chi connectivity index (χ1n) is 7.43. The number of aryl methyl sites for hydroxylation is 2. The van der Waals surface area contributed by atoms with Gasteiger partial charge in [-0.25, -0.2) is 9.78 Å². The Morgan fingerprint density at radius 1 is 1.50 bits per heavy atom. The Morgan fingerprint density at radius 3 is 3.20 bits per heavy atom. The second-order valence-corrected chi connectivity index (χ2v) is 5.76. The van der Waals surface area contributed by atoms with E-state index in [2.05, 4.69) is 22.4 Å². The fourth-order valence-corrected chi connectivity index (χ4v) is 3.10. The minimum atomic E-state index is -0.788. The van der Waals surface area contributed by atoms with Gasteiger partial charge in [0.15, 0.2) is 0 Å². The lowest BCUT2D eigenvalue weighted by Gasteiger charge is -2.18. The van der Waals surface area contributed by atoms with Gasteiger partial charge < -0.3 is 15.3 Å². The maximum atomic E-state index is 10.9. The van der Waals surface area contributed by atoms with Crippen molar-refractivity contribution in [3.63, 3.8) is 0 Å². The molecule has 3 heterocycles. The van der Waals surface area contributed by atoms with E-state index in [0.717, 1.165) is 43.7 Å². The minimum Gasteiger partial charge on any atom is -0.465 e. The summed E-state index contributed by atoms with van der Waals surface area (Å²) in [5.41, 5.74) is 2.44. The van der Waals surface area contributed by atoms with Crippen LogP contribution in [0.1, 0.15) is 30.5 Å². The molecule has 5 nitrogen and oxygen atoms in total. The van der Waals surface area contributed by atoms with Crippen molar-refractivity contribution < 1.29 is 9.90 Å². The number of likely N-dealkylation sites (tertiary alicyclic amines) is 1. The normalized spacial score (nSPS) is 21.4. The summed E-state index contributed by atoms with van der Waals surface area (Å²) in [7, 11) is 0. The van der Waals surface area contributed by atoms with Crippen LogP contribution in [0.15, 0.2) is 12.1 Å². The van der Waals surface area contributed by atoms with Gasteiger partial charge in [0.2, 0.25) is 0 Å². The molecule has 5 heteroatoms. The van der Waals surface area contributed by atoms with E-state index >= 15 is 0 Å². The zero-order chi connectivity index (χ0) is 13.9. The van der Waals surface area contributed by atoms with E-state index in [1.54, 1.807) is 0 Å². The number of amides is 1. The predicted molar refractivity (Wildman–Crippen MR) is 77.1 cm³/mol. The topological polar surface area (TPSA) is 65.5 Å². The number of rotatable bonds is 3. The molecule has 0 bridgehead atoms. The Hall–Kier alpha value is -1.78. The summed E-state index contributed by atoms with van der Waals surface area (Å²) in [5.74, 6) is 1.53. The summed E-state index contributed by atoms with van der Waals surface area (Å²) < 4.78 is 0. The monoisotopic (exact) mass is 275 g/mol. The van der Waals surface area contributed by atoms with Gasteiger partial charge in [0.05, 0.1) is 0 Å². The average molecular weight is 275 g/mol. The van der Waals surface area contributed by atoms with Gasteiger partial charge in [0.1, 0.15) is 5.82 Å². The Kier molecular flexibility index (Phi) is 3.76. The number of hydrogen-bond acceptors (Lipinski definition) is 3. The first-order valence-corrected chi connectivity index (χ1v) is 7.43. The van der Waals surface area contributed by atoms with Crippen LogP contribution < -0.4 is 5.32 Å². The van der Waals surface area contributed by atoms with Crippen LogP contribution in [0.3, 0.4) is 0 Å². The first kappa shape index (κ1) is 13.2. The third-order valence-corrected chi connectivity index (χ3v) is 4.32. The number of pyridine rings is 1. The predicted octanol–water partition coefficient (Wildman–Crippen LogP) is 2.37. The van der Waals surface area contributed by atoms with Crippen molar-refractivity contribution in [1.29, 1.82) is 0 Å². The molecule has 1 aromatic rings. The molecule has 2 aliphatic heterocycles. The van der Waals surface area contributed by atoms with Crippen molar-refractivity contribution in [1.82, 2.24) is 9.88 Å². The molecule has 1 unspecified atom stereocenters. The molecular weight excluding hydrogens is 254 g/mol. The van der Waals surface area contributed by atoms with Gasteiger partial charge in [0, 0.05) is 25.3 Å². The summed E-state index contributed by atoms with van der Waals surface area (Å²) in [4.78, 5) is 17.1. The summed E-state index contributed by atoms with van der Waals surface area (Å²) in [6.45, 7) is 2.37. The second-order valence-electron chi connectivity index (χ2n) is 5.76. The van der Waals surface area contributed by atoms with E-state index < -0.39 is 6.09 Å². The van der Waals surface area contributed by atoms with Crippen molar-refractivity contribution >= 4 is 11.9 Å². The Labute approximate surface area is 119 Å². The van der Waals surface area contributed by atoms with Gasteiger partial charge in [-0.1, -0.05) is 6.07 Å². The lowest BCUT2D eigenvalue weighted by atomic mass is 10.00. The van der Waals surface area contributed by atoms with E-state index in [9.17, 15) is 4.79 Å². The van der Waals surface area contributed by atoms with Crippen LogP contribution in [0.4, 0.5) is 10.6 Å². The summed E-state index contributed by atoms with van der Waals surface area (Å²) in [5, 5.41) is 12.3. The average Bonchev–Trinajstić information content (AvgIpc) is 2.94. The number of carboxylic acid groups (broad SMARTS) is 1. The fraction of sp³-hybridized carbons (Fsp3) is 0.600. The molecule has 20 heavy (non-hydrogen) atoms. The van der Waals surface area contributed by atoms with Crippen LogP contribution in [0.2, 0.25) is 0 Å². The highest BCUT2D eigenvalue weighted by Crippen LogP contribution is 2.23. The van der Waals surface area contributed by atoms with Crippen LogP contribution in [0.25, 0.3) is 0 Å². The summed E-state index contributed by atoms with van der Waals surface area (Å²) >= 11 is 0. The highest BCUT2D eigenvalue weighted by atomic mass is 16.4. The molecule has 108 valence electrons. The second kappa shape index (κ2) is 5.69. The van der Waals surface area contributed by atoms with Crippen LogP contribution in [0.5, 0.6) is 0 Å². The molecule has 0 aromatic carbocycles. The fourth-order valence-electron chi connectivity index (χ4n) is 3.10. The highest BCUT2D eigenvalue weighted by molar-refractivity contribution is 5.65. The van der Waals surface area contributed by atoms with Gasteiger partial charge >= 0.3 is 6.09 Å². The third kappa shape index (κ3) is 2.86. The molecule has 1 amide bonds. The molecule has 0 radical (unpaired) electrons. The van der Waals surface area contributed by atoms with E-state index in [1.807, 2.05) is 0 Å². The maximum absolute atomic E-state index is 10.9. The lowest BCUT2D eigenvalue weighted by Crippen LogP contribution is -2.26. The van der Waals surface area contributed by atoms with Gasteiger partial charge in [-0.15, -0.1) is 0 Å². The number of nitrogens with zero attached hydrogens (tertiary/aromatic N) is 2. The zero-order valence-electron chi connectivity index (χ0n) is 11.6. The minimum absolute atomic E-state index is 0.483. The lowest BCUT2D eigenvalue weighted by molar-refractivity contribution is 0.154. The molecule has 1 saturated heterocycles. The maximum Gasteiger partial charge on any atom is 0.407 e. The van der Waals surface area contributed by atoms with Crippen LogP contribution in [0, 0.1) is 5.92 Å². The van der Waals surface area contributed by atoms with Gasteiger partial charge in [-0.3, -0.25) is 0 Å². The van der Waals surface area contributed by atoms with E-state index in [-0.39, 0.29) is 0 Å². The molecule has 1 aromatic heterocycles. The van der Waals surface area contributed by atoms with Crippen LogP contribution in [-0.4, -0.2) is 40.7 Å². The Balaban J connectivity index is 1.55. The zero-order valence-corrected chi connectivity index (χ0v) is 11.6. The standard InChI is InChI=1S/C15H21N3O2/c19-15(20)18-9-7-11(10-18)3-5-13-6-4-12-2-1-8-16-14(12)17-13/h4,6,11H,1-3,5,7-10H2,(H,16,17)(H,19,20). The van der Waals surface area contributed by atoms with Crippen molar-refractivity contribution in [2.24, 2.45) is 5.92 Å². The van der Waals surface area contributed by atoms with Crippen LogP contribution >= 0.6 is 0 Å². The van der Waals surface area contributed by atoms with Gasteiger partial charge in [-0.2, -0.15) is 0 Å². The molecule has 0 saturated carbocycles. The molecule has 3 rings (SSSR count). The molecule has 1 fully saturated rings. The molecule has 0 aliphatic carbocycles. The number of nitrogens with one attached hydrogen (secondary N) is 1. The molecular formula is C15H21N3O2. The number of aromatic nitrogens is 1. The smallest absolute Gasteiger partial charge is 0.407 e. The molecule has 1 atom stereocenters. The first-order chi connectivity index (χ1) is 9.72. The number of fused-ring (bicyclic) bond motifs is 1. The van der Waals surface area contributed by atoms with Crippen LogP contribution in [-0.2, 0) is 12.8 Å². The molecule has 2 N–H and O–H groups in total. The third-order valence-electron chi connectivity index (χ3n) is 4.32. The molecule has 2 aliphatic rings. The largest absolute Gasteiger partial charge is 0.465 e. The van der Waals surface area contributed by atoms with Crippen molar-refractivity contribution in [2.45, 2.75) is 32.1 Å².